The fourth-order valence-electron chi connectivity index (χ4n) is 3.10. The molecule has 19 heavy (non-hydrogen) atoms. The average Bonchev–Trinajstić information content (AvgIpc) is 2.78. The number of nitrogens with zero attached hydrogens (tertiary/aromatic N) is 1. The summed E-state index contributed by atoms with van der Waals surface area (Å²) in [6.07, 6.45) is 2.68. The molecule has 1 aromatic heterocycles. The predicted molar refractivity (Wildman–Crippen MR) is 85.0 cm³/mol. The second-order valence-corrected chi connectivity index (χ2v) is 7.95. The van der Waals surface area contributed by atoms with Gasteiger partial charge in [0.05, 0.1) is 0 Å². The highest BCUT2D eigenvalue weighted by molar-refractivity contribution is 7.12. The molecule has 1 aliphatic rings. The normalized spacial score (nSPS) is 25.7. The molecule has 1 fully saturated rings. The van der Waals surface area contributed by atoms with Gasteiger partial charge in [0.25, 0.3) is 0 Å². The molecule has 2 unspecified atom stereocenters. The first-order valence-corrected chi connectivity index (χ1v) is 8.20. The van der Waals surface area contributed by atoms with E-state index in [1.54, 1.807) is 4.88 Å². The van der Waals surface area contributed by atoms with Gasteiger partial charge in [0, 0.05) is 15.8 Å². The zero-order valence-electron chi connectivity index (χ0n) is 13.0. The van der Waals surface area contributed by atoms with E-state index in [0.717, 1.165) is 12.5 Å². The quantitative estimate of drug-likeness (QED) is 0.909. The second kappa shape index (κ2) is 5.94. The lowest BCUT2D eigenvalue weighted by molar-refractivity contribution is 0.123. The Labute approximate surface area is 122 Å². The van der Waals surface area contributed by atoms with Crippen LogP contribution in [0, 0.1) is 5.92 Å². The van der Waals surface area contributed by atoms with Gasteiger partial charge in [0.2, 0.25) is 0 Å². The van der Waals surface area contributed by atoms with Crippen LogP contribution in [0.4, 0.5) is 0 Å². The zero-order chi connectivity index (χ0) is 14.0. The molecule has 1 aliphatic heterocycles. The van der Waals surface area contributed by atoms with Crippen LogP contribution in [0.3, 0.4) is 0 Å². The van der Waals surface area contributed by atoms with Crippen molar-refractivity contribution in [2.24, 2.45) is 5.92 Å². The van der Waals surface area contributed by atoms with Gasteiger partial charge in [-0.15, -0.1) is 11.3 Å². The largest absolute Gasteiger partial charge is 0.319 e. The summed E-state index contributed by atoms with van der Waals surface area (Å²) >= 11 is 2.01. The van der Waals surface area contributed by atoms with Crippen molar-refractivity contribution in [3.05, 3.63) is 21.9 Å². The third kappa shape index (κ3) is 3.39. The fraction of sp³-hybridized carbons (Fsp3) is 0.750. The average molecular weight is 280 g/mol. The summed E-state index contributed by atoms with van der Waals surface area (Å²) in [4.78, 5) is 5.60. The van der Waals surface area contributed by atoms with E-state index >= 15 is 0 Å². The third-order valence-electron chi connectivity index (χ3n) is 4.13. The molecule has 1 saturated heterocycles. The first-order valence-electron chi connectivity index (χ1n) is 7.38. The van der Waals surface area contributed by atoms with Crippen molar-refractivity contribution in [1.82, 2.24) is 10.2 Å². The lowest BCUT2D eigenvalue weighted by Crippen LogP contribution is -2.39. The number of hydrogen-bond donors (Lipinski definition) is 1. The van der Waals surface area contributed by atoms with E-state index in [0.29, 0.717) is 6.04 Å². The summed E-state index contributed by atoms with van der Waals surface area (Å²) < 4.78 is 0. The van der Waals surface area contributed by atoms with Crippen molar-refractivity contribution in [2.45, 2.75) is 45.1 Å². The van der Waals surface area contributed by atoms with Gasteiger partial charge in [-0.2, -0.15) is 0 Å². The molecule has 2 heterocycles. The van der Waals surface area contributed by atoms with Crippen LogP contribution >= 0.6 is 11.3 Å². The first-order chi connectivity index (χ1) is 8.93. The summed E-state index contributed by atoms with van der Waals surface area (Å²) in [6, 6.07) is 5.29. The Bertz CT molecular complexity index is 403. The maximum atomic E-state index is 3.37. The number of likely N-dealkylation sites (tertiary alicyclic amines) is 1. The molecule has 3 heteroatoms. The van der Waals surface area contributed by atoms with Gasteiger partial charge < -0.3 is 5.32 Å². The highest BCUT2D eigenvalue weighted by Gasteiger charge is 2.31. The third-order valence-corrected chi connectivity index (χ3v) is 5.71. The molecule has 0 spiro atoms. The minimum absolute atomic E-state index is 0.272. The minimum Gasteiger partial charge on any atom is -0.319 e. The number of rotatable bonds is 3. The Morgan fingerprint density at radius 3 is 2.68 bits per heavy atom. The Morgan fingerprint density at radius 1 is 1.37 bits per heavy atom. The summed E-state index contributed by atoms with van der Waals surface area (Å²) in [5.74, 6) is 0.746. The van der Waals surface area contributed by atoms with E-state index in [9.17, 15) is 0 Å². The van der Waals surface area contributed by atoms with Gasteiger partial charge in [-0.25, -0.2) is 0 Å². The van der Waals surface area contributed by atoms with Crippen LogP contribution < -0.4 is 5.32 Å². The topological polar surface area (TPSA) is 15.3 Å². The summed E-state index contributed by atoms with van der Waals surface area (Å²) in [7, 11) is 4.35. The Hall–Kier alpha value is -0.380. The van der Waals surface area contributed by atoms with Crippen LogP contribution in [0.1, 0.15) is 49.4 Å². The van der Waals surface area contributed by atoms with Crippen molar-refractivity contribution >= 4 is 11.3 Å². The molecular weight excluding hydrogens is 252 g/mol. The van der Waals surface area contributed by atoms with Crippen molar-refractivity contribution in [2.75, 3.05) is 27.2 Å². The standard InChI is InChI=1S/C16H28N2S/c1-16(2,3)14-9-8-13(19-14)15-12(11-17-4)7-6-10-18(15)5/h8-9,12,15,17H,6-7,10-11H2,1-5H3. The maximum Gasteiger partial charge on any atom is 0.0478 e. The molecule has 108 valence electrons. The molecule has 2 atom stereocenters. The van der Waals surface area contributed by atoms with Crippen molar-refractivity contribution < 1.29 is 0 Å². The van der Waals surface area contributed by atoms with Gasteiger partial charge in [-0.05, 0) is 63.5 Å². The van der Waals surface area contributed by atoms with E-state index in [2.05, 4.69) is 57.2 Å². The fourth-order valence-corrected chi connectivity index (χ4v) is 4.43. The van der Waals surface area contributed by atoms with Crippen molar-refractivity contribution in [3.8, 4) is 0 Å². The van der Waals surface area contributed by atoms with Crippen molar-refractivity contribution in [1.29, 1.82) is 0 Å². The SMILES string of the molecule is CNCC1CCCN(C)C1c1ccc(C(C)(C)C)s1. The molecule has 0 amide bonds. The molecule has 0 radical (unpaired) electrons. The van der Waals surface area contributed by atoms with Crippen LogP contribution in [0.2, 0.25) is 0 Å². The lowest BCUT2D eigenvalue weighted by atomic mass is 9.88. The zero-order valence-corrected chi connectivity index (χ0v) is 13.8. The number of piperidine rings is 1. The Kier molecular flexibility index (Phi) is 4.70. The van der Waals surface area contributed by atoms with E-state index in [1.807, 2.05) is 11.3 Å². The molecular formula is C16H28N2S. The van der Waals surface area contributed by atoms with Crippen molar-refractivity contribution in [3.63, 3.8) is 0 Å². The molecule has 0 aromatic carbocycles. The molecule has 2 nitrogen and oxygen atoms in total. The molecule has 2 rings (SSSR count). The number of hydrogen-bond acceptors (Lipinski definition) is 3. The van der Waals surface area contributed by atoms with Gasteiger partial charge in [-0.1, -0.05) is 20.8 Å². The summed E-state index contributed by atoms with van der Waals surface area (Å²) in [5, 5.41) is 3.37. The lowest BCUT2D eigenvalue weighted by Gasteiger charge is -2.38. The molecule has 0 bridgehead atoms. The summed E-state index contributed by atoms with van der Waals surface area (Å²) in [6.45, 7) is 9.26. The van der Waals surface area contributed by atoms with Crippen LogP contribution in [0.5, 0.6) is 0 Å². The molecule has 1 N–H and O–H groups in total. The van der Waals surface area contributed by atoms with E-state index in [4.69, 9.17) is 0 Å². The van der Waals surface area contributed by atoms with E-state index < -0.39 is 0 Å². The van der Waals surface area contributed by atoms with E-state index in [-0.39, 0.29) is 5.41 Å². The highest BCUT2D eigenvalue weighted by Crippen LogP contribution is 2.40. The van der Waals surface area contributed by atoms with Gasteiger partial charge in [0.15, 0.2) is 0 Å². The Morgan fingerprint density at radius 2 is 2.11 bits per heavy atom. The van der Waals surface area contributed by atoms with Crippen LogP contribution in [-0.4, -0.2) is 32.1 Å². The van der Waals surface area contributed by atoms with Crippen LogP contribution in [-0.2, 0) is 5.41 Å². The minimum atomic E-state index is 0.272. The highest BCUT2D eigenvalue weighted by atomic mass is 32.1. The van der Waals surface area contributed by atoms with Gasteiger partial charge in [0.1, 0.15) is 0 Å². The number of nitrogens with one attached hydrogen (secondary N) is 1. The molecule has 1 aromatic rings. The van der Waals surface area contributed by atoms with Crippen LogP contribution in [0.15, 0.2) is 12.1 Å². The first kappa shape index (κ1) is 15.0. The van der Waals surface area contributed by atoms with Crippen LogP contribution in [0.25, 0.3) is 0 Å². The van der Waals surface area contributed by atoms with E-state index in [1.165, 1.54) is 24.3 Å². The maximum absolute atomic E-state index is 3.37. The number of thiophene rings is 1. The van der Waals surface area contributed by atoms with Gasteiger partial charge >= 0.3 is 0 Å². The molecule has 0 aliphatic carbocycles. The molecule has 0 saturated carbocycles. The Balaban J connectivity index is 2.23. The smallest absolute Gasteiger partial charge is 0.0478 e. The predicted octanol–water partition coefficient (Wildman–Crippen LogP) is 3.65. The van der Waals surface area contributed by atoms with Gasteiger partial charge in [-0.3, -0.25) is 4.90 Å². The second-order valence-electron chi connectivity index (χ2n) is 6.84. The monoisotopic (exact) mass is 280 g/mol. The summed E-state index contributed by atoms with van der Waals surface area (Å²) in [5.41, 5.74) is 0.272.